The summed E-state index contributed by atoms with van der Waals surface area (Å²) in [6.07, 6.45) is -1.01. The number of amides is 1. The zero-order valence-electron chi connectivity index (χ0n) is 18.3. The van der Waals surface area contributed by atoms with E-state index in [1.54, 1.807) is 6.92 Å². The van der Waals surface area contributed by atoms with Crippen molar-refractivity contribution in [2.24, 2.45) is 0 Å². The predicted molar refractivity (Wildman–Crippen MR) is 126 cm³/mol. The molecular weight excluding hydrogens is 496 g/mol. The van der Waals surface area contributed by atoms with Gasteiger partial charge in [-0.05, 0) is 36.3 Å². The summed E-state index contributed by atoms with van der Waals surface area (Å²) in [7, 11) is -2.29. The molecule has 0 spiro atoms. The van der Waals surface area contributed by atoms with Crippen LogP contribution in [-0.2, 0) is 10.0 Å². The third-order valence-corrected chi connectivity index (χ3v) is 7.68. The van der Waals surface area contributed by atoms with Gasteiger partial charge in [0, 0.05) is 24.4 Å². The van der Waals surface area contributed by atoms with Crippen LogP contribution < -0.4 is 9.62 Å². The van der Waals surface area contributed by atoms with Crippen LogP contribution in [0, 0.1) is 11.6 Å². The predicted octanol–water partition coefficient (Wildman–Crippen LogP) is 2.15. The molecule has 1 heterocycles. The summed E-state index contributed by atoms with van der Waals surface area (Å²) >= 11 is 5.01. The molecule has 184 valence electrons. The molecule has 3 N–H and O–H groups in total. The monoisotopic (exact) mass is 523 g/mol. The van der Waals surface area contributed by atoms with Gasteiger partial charge in [0.2, 0.25) is 10.0 Å². The molecule has 0 aliphatic rings. The highest BCUT2D eigenvalue weighted by Gasteiger charge is 2.34. The standard InChI is InChI=1S/C20H27F2N3O5S3/c1-11(12-7-13(21)9-14(22)8-12)17(18(27)16(26)5-4-6-31)24-19(28)15-10-32-20(23-15)25(2)33(3,29)30/h7-11,16-18,26-27,31H,4-6H2,1-3H3,(H,24,28). The Labute approximate surface area is 201 Å². The number of aliphatic hydroxyl groups excluding tert-OH is 2. The van der Waals surface area contributed by atoms with E-state index < -0.39 is 51.7 Å². The van der Waals surface area contributed by atoms with Gasteiger partial charge in [-0.3, -0.25) is 4.79 Å². The molecule has 1 amide bonds. The lowest BCUT2D eigenvalue weighted by Crippen LogP contribution is -2.51. The van der Waals surface area contributed by atoms with E-state index >= 15 is 0 Å². The highest BCUT2D eigenvalue weighted by atomic mass is 32.2. The number of rotatable bonds is 11. The van der Waals surface area contributed by atoms with Crippen LogP contribution in [0.5, 0.6) is 0 Å². The number of benzene rings is 1. The molecule has 0 radical (unpaired) electrons. The molecule has 0 bridgehead atoms. The topological polar surface area (TPSA) is 120 Å². The molecule has 0 saturated heterocycles. The minimum absolute atomic E-state index is 0.0637. The maximum atomic E-state index is 13.8. The number of carbonyl (C=O) groups excluding carboxylic acids is 1. The molecule has 33 heavy (non-hydrogen) atoms. The fraction of sp³-hybridized carbons (Fsp3) is 0.500. The van der Waals surface area contributed by atoms with Crippen LogP contribution in [0.1, 0.15) is 41.7 Å². The van der Waals surface area contributed by atoms with Crippen molar-refractivity contribution in [2.75, 3.05) is 23.4 Å². The van der Waals surface area contributed by atoms with Crippen LogP contribution in [0.4, 0.5) is 13.9 Å². The summed E-state index contributed by atoms with van der Waals surface area (Å²) in [5.74, 6) is -2.70. The summed E-state index contributed by atoms with van der Waals surface area (Å²) in [6, 6.07) is 1.74. The van der Waals surface area contributed by atoms with Gasteiger partial charge in [-0.15, -0.1) is 11.3 Å². The minimum atomic E-state index is -3.58. The molecule has 4 unspecified atom stereocenters. The molecule has 0 fully saturated rings. The average Bonchev–Trinajstić information content (AvgIpc) is 3.23. The third-order valence-electron chi connectivity index (χ3n) is 5.16. The molecule has 4 atom stereocenters. The van der Waals surface area contributed by atoms with Crippen molar-refractivity contribution in [3.8, 4) is 0 Å². The number of thiazole rings is 1. The van der Waals surface area contributed by atoms with Gasteiger partial charge < -0.3 is 15.5 Å². The lowest BCUT2D eigenvalue weighted by atomic mass is 9.86. The Morgan fingerprint density at radius 3 is 2.42 bits per heavy atom. The van der Waals surface area contributed by atoms with Crippen molar-refractivity contribution in [3.05, 3.63) is 46.5 Å². The number of nitrogens with zero attached hydrogens (tertiary/aromatic N) is 2. The zero-order chi connectivity index (χ0) is 24.9. The second kappa shape index (κ2) is 11.6. The van der Waals surface area contributed by atoms with E-state index in [0.29, 0.717) is 18.2 Å². The van der Waals surface area contributed by atoms with Crippen LogP contribution in [0.2, 0.25) is 0 Å². The third kappa shape index (κ3) is 7.34. The largest absolute Gasteiger partial charge is 0.390 e. The van der Waals surface area contributed by atoms with E-state index in [0.717, 1.165) is 34.0 Å². The van der Waals surface area contributed by atoms with Crippen molar-refractivity contribution in [1.29, 1.82) is 0 Å². The number of hydrogen-bond donors (Lipinski definition) is 4. The first-order valence-corrected chi connectivity index (χ1v) is 13.3. The number of aliphatic hydroxyl groups is 2. The van der Waals surface area contributed by atoms with E-state index in [1.807, 2.05) is 0 Å². The Kier molecular flexibility index (Phi) is 9.61. The Morgan fingerprint density at radius 2 is 1.88 bits per heavy atom. The second-order valence-electron chi connectivity index (χ2n) is 7.66. The van der Waals surface area contributed by atoms with Gasteiger partial charge >= 0.3 is 0 Å². The summed E-state index contributed by atoms with van der Waals surface area (Å²) < 4.78 is 51.9. The van der Waals surface area contributed by atoms with E-state index in [2.05, 4.69) is 22.9 Å². The van der Waals surface area contributed by atoms with E-state index in [4.69, 9.17) is 0 Å². The van der Waals surface area contributed by atoms with Gasteiger partial charge in [0.05, 0.1) is 18.4 Å². The first-order chi connectivity index (χ1) is 15.3. The van der Waals surface area contributed by atoms with E-state index in [9.17, 15) is 32.2 Å². The maximum Gasteiger partial charge on any atom is 0.271 e. The van der Waals surface area contributed by atoms with Crippen LogP contribution in [-0.4, -0.2) is 66.8 Å². The van der Waals surface area contributed by atoms with Crippen molar-refractivity contribution >= 4 is 45.0 Å². The first kappa shape index (κ1) is 27.4. The van der Waals surface area contributed by atoms with Crippen molar-refractivity contribution in [2.45, 2.75) is 43.9 Å². The van der Waals surface area contributed by atoms with Crippen LogP contribution in [0.25, 0.3) is 0 Å². The fourth-order valence-corrected chi connectivity index (χ4v) is 4.86. The highest BCUT2D eigenvalue weighted by Crippen LogP contribution is 2.27. The number of aromatic nitrogens is 1. The number of halogens is 2. The SMILES string of the molecule is CC(c1cc(F)cc(F)c1)C(NC(=O)c1csc(N(C)S(C)(=O)=O)n1)C(O)C(O)CCCS. The zero-order valence-corrected chi connectivity index (χ0v) is 20.8. The summed E-state index contributed by atoms with van der Waals surface area (Å²) in [5.41, 5.74) is 0.0687. The van der Waals surface area contributed by atoms with Crippen LogP contribution in [0.15, 0.2) is 23.6 Å². The molecule has 13 heteroatoms. The number of nitrogens with one attached hydrogen (secondary N) is 1. The minimum Gasteiger partial charge on any atom is -0.390 e. The van der Waals surface area contributed by atoms with Gasteiger partial charge in [0.1, 0.15) is 23.4 Å². The van der Waals surface area contributed by atoms with Gasteiger partial charge in [-0.2, -0.15) is 12.6 Å². The maximum absolute atomic E-state index is 13.8. The Morgan fingerprint density at radius 1 is 1.27 bits per heavy atom. The number of thiol groups is 1. The molecular formula is C20H27F2N3O5S3. The lowest BCUT2D eigenvalue weighted by Gasteiger charge is -2.32. The van der Waals surface area contributed by atoms with E-state index in [1.165, 1.54) is 12.4 Å². The molecule has 8 nitrogen and oxygen atoms in total. The van der Waals surface area contributed by atoms with Crippen LogP contribution >= 0.6 is 24.0 Å². The highest BCUT2D eigenvalue weighted by molar-refractivity contribution is 7.92. The molecule has 0 aliphatic carbocycles. The van der Waals surface area contributed by atoms with Crippen molar-refractivity contribution in [1.82, 2.24) is 10.3 Å². The number of carbonyl (C=O) groups is 1. The lowest BCUT2D eigenvalue weighted by molar-refractivity contribution is -0.0120. The molecule has 2 aromatic rings. The van der Waals surface area contributed by atoms with Gasteiger partial charge in [-0.25, -0.2) is 26.5 Å². The number of sulfonamides is 1. The Hall–Kier alpha value is -1.80. The molecule has 1 aromatic carbocycles. The summed E-state index contributed by atoms with van der Waals surface area (Å²) in [5, 5.41) is 25.2. The molecule has 0 saturated carbocycles. The van der Waals surface area contributed by atoms with Gasteiger partial charge in [0.15, 0.2) is 5.13 Å². The van der Waals surface area contributed by atoms with Crippen LogP contribution in [0.3, 0.4) is 0 Å². The second-order valence-corrected chi connectivity index (χ2v) is 11.0. The Bertz CT molecular complexity index is 1050. The number of anilines is 1. The van der Waals surface area contributed by atoms with Crippen molar-refractivity contribution in [3.63, 3.8) is 0 Å². The smallest absolute Gasteiger partial charge is 0.271 e. The Balaban J connectivity index is 2.33. The van der Waals surface area contributed by atoms with Crippen molar-refractivity contribution < 1.29 is 32.2 Å². The van der Waals surface area contributed by atoms with Gasteiger partial charge in [0.25, 0.3) is 5.91 Å². The summed E-state index contributed by atoms with van der Waals surface area (Å²) in [6.45, 7) is 1.55. The first-order valence-electron chi connectivity index (χ1n) is 9.98. The molecule has 0 aliphatic heterocycles. The molecule has 2 rings (SSSR count). The van der Waals surface area contributed by atoms with E-state index in [-0.39, 0.29) is 22.8 Å². The fourth-order valence-electron chi connectivity index (χ4n) is 3.14. The number of hydrogen-bond acceptors (Lipinski definition) is 8. The quantitative estimate of drug-likeness (QED) is 0.335. The molecule has 1 aromatic heterocycles. The normalized spacial score (nSPS) is 15.5. The van der Waals surface area contributed by atoms with Gasteiger partial charge in [-0.1, -0.05) is 6.92 Å². The average molecular weight is 524 g/mol. The summed E-state index contributed by atoms with van der Waals surface area (Å²) in [4.78, 5) is 16.9.